The van der Waals surface area contributed by atoms with Gasteiger partial charge in [-0.2, -0.15) is 8.78 Å². The van der Waals surface area contributed by atoms with Crippen LogP contribution in [0, 0.1) is 0 Å². The van der Waals surface area contributed by atoms with Gasteiger partial charge < -0.3 is 14.9 Å². The van der Waals surface area contributed by atoms with Gasteiger partial charge in [0, 0.05) is 6.42 Å². The highest BCUT2D eigenvalue weighted by Crippen LogP contribution is 2.52. The molecule has 2 N–H and O–H groups in total. The maximum absolute atomic E-state index is 13.5. The van der Waals surface area contributed by atoms with E-state index in [1.54, 1.807) is 0 Å². The van der Waals surface area contributed by atoms with E-state index < -0.39 is 35.1 Å². The van der Waals surface area contributed by atoms with Gasteiger partial charge in [0.05, 0.1) is 11.2 Å². The molecule has 1 unspecified atom stereocenters. The number of halogens is 2. The third-order valence-corrected chi connectivity index (χ3v) is 3.00. The second kappa shape index (κ2) is 3.13. The Morgan fingerprint density at radius 1 is 1.31 bits per heavy atom. The van der Waals surface area contributed by atoms with E-state index in [1.165, 1.54) is 27.7 Å². The minimum Gasteiger partial charge on any atom is -0.477 e. The van der Waals surface area contributed by atoms with E-state index in [-0.39, 0.29) is 0 Å². The Balaban J connectivity index is 3.25. The first kappa shape index (κ1) is 13.3. The summed E-state index contributed by atoms with van der Waals surface area (Å²) >= 11 is 0. The van der Waals surface area contributed by atoms with E-state index in [4.69, 9.17) is 9.84 Å². The fraction of sp³-hybridized carbons (Fsp3) is 0.900. The van der Waals surface area contributed by atoms with Gasteiger partial charge >= 0.3 is 11.9 Å². The molecule has 0 aromatic heterocycles. The number of ether oxygens (including phenoxy) is 1. The van der Waals surface area contributed by atoms with Crippen molar-refractivity contribution in [2.75, 3.05) is 0 Å². The van der Waals surface area contributed by atoms with Gasteiger partial charge in [0.15, 0.2) is 5.60 Å². The number of carboxylic acids is 1. The zero-order valence-electron chi connectivity index (χ0n) is 9.67. The van der Waals surface area contributed by atoms with Crippen LogP contribution in [0.5, 0.6) is 0 Å². The Hall–Kier alpha value is -0.750. The summed E-state index contributed by atoms with van der Waals surface area (Å²) in [6.07, 6.45) is -0.438. The average molecular weight is 238 g/mol. The van der Waals surface area contributed by atoms with Crippen LogP contribution in [0.25, 0.3) is 0 Å². The number of carboxylic acid groups (broad SMARTS) is 1. The number of hydrogen-bond acceptors (Lipinski definition) is 3. The Labute approximate surface area is 92.2 Å². The highest BCUT2D eigenvalue weighted by atomic mass is 19.3. The van der Waals surface area contributed by atoms with Crippen molar-refractivity contribution in [1.82, 2.24) is 0 Å². The molecule has 0 spiro atoms. The maximum atomic E-state index is 13.5. The Morgan fingerprint density at radius 3 is 2.00 bits per heavy atom. The van der Waals surface area contributed by atoms with Crippen molar-refractivity contribution in [2.24, 2.45) is 0 Å². The van der Waals surface area contributed by atoms with E-state index in [0.29, 0.717) is 0 Å². The van der Waals surface area contributed by atoms with E-state index in [9.17, 15) is 18.7 Å². The molecule has 1 rings (SSSR count). The number of hydrogen-bond donors (Lipinski definition) is 2. The molecule has 0 aromatic carbocycles. The quantitative estimate of drug-likeness (QED) is 0.763. The van der Waals surface area contributed by atoms with Crippen molar-refractivity contribution >= 4 is 5.97 Å². The maximum Gasteiger partial charge on any atom is 0.377 e. The molecular weight excluding hydrogens is 222 g/mol. The molecule has 0 radical (unpaired) electrons. The lowest BCUT2D eigenvalue weighted by molar-refractivity contribution is -0.239. The average Bonchev–Trinajstić information content (AvgIpc) is 2.15. The summed E-state index contributed by atoms with van der Waals surface area (Å²) in [6.45, 7) is 5.59. The first-order valence-electron chi connectivity index (χ1n) is 4.89. The second-order valence-corrected chi connectivity index (χ2v) is 5.29. The standard InChI is InChI=1S/C10H16F2O4/c1-7(2)5-9(15,8(3,4)16-7)10(11,12)6(13)14/h15H,5H2,1-4H3,(H,13,14). The normalized spacial score (nSPS) is 32.7. The molecule has 1 heterocycles. The Kier molecular flexibility index (Phi) is 2.61. The zero-order chi connectivity index (χ0) is 13.0. The van der Waals surface area contributed by atoms with Gasteiger partial charge in [0.2, 0.25) is 0 Å². The summed E-state index contributed by atoms with van der Waals surface area (Å²) in [5, 5.41) is 18.5. The minimum absolute atomic E-state index is 0.438. The molecule has 0 aromatic rings. The Bertz CT molecular complexity index is 325. The molecule has 0 aliphatic carbocycles. The fourth-order valence-corrected chi connectivity index (χ4v) is 2.31. The largest absolute Gasteiger partial charge is 0.477 e. The summed E-state index contributed by atoms with van der Waals surface area (Å²) < 4.78 is 32.4. The van der Waals surface area contributed by atoms with Gasteiger partial charge in [0.1, 0.15) is 0 Å². The Morgan fingerprint density at radius 2 is 1.75 bits per heavy atom. The summed E-state index contributed by atoms with van der Waals surface area (Å²) in [7, 11) is 0. The van der Waals surface area contributed by atoms with E-state index >= 15 is 0 Å². The molecule has 1 aliphatic rings. The van der Waals surface area contributed by atoms with Crippen LogP contribution in [0.3, 0.4) is 0 Å². The molecular formula is C10H16F2O4. The highest BCUT2D eigenvalue weighted by Gasteiger charge is 2.72. The predicted octanol–water partition coefficient (Wildman–Crippen LogP) is 1.41. The van der Waals surface area contributed by atoms with Crippen molar-refractivity contribution < 1.29 is 28.5 Å². The van der Waals surface area contributed by atoms with Crippen LogP contribution in [0.2, 0.25) is 0 Å². The zero-order valence-corrected chi connectivity index (χ0v) is 9.67. The summed E-state index contributed by atoms with van der Waals surface area (Å²) in [5.41, 5.74) is -5.33. The van der Waals surface area contributed by atoms with Crippen molar-refractivity contribution in [3.63, 3.8) is 0 Å². The van der Waals surface area contributed by atoms with Gasteiger partial charge in [-0.3, -0.25) is 0 Å². The molecule has 0 bridgehead atoms. The minimum atomic E-state index is -4.25. The molecule has 6 heteroatoms. The third kappa shape index (κ3) is 1.60. The molecule has 0 amide bonds. The van der Waals surface area contributed by atoms with Gasteiger partial charge in [-0.25, -0.2) is 4.79 Å². The van der Waals surface area contributed by atoms with Crippen LogP contribution in [-0.2, 0) is 9.53 Å². The smallest absolute Gasteiger partial charge is 0.377 e. The van der Waals surface area contributed by atoms with Crippen molar-refractivity contribution in [1.29, 1.82) is 0 Å². The molecule has 4 nitrogen and oxygen atoms in total. The number of alkyl halides is 2. The first-order chi connectivity index (χ1) is 6.86. The molecule has 16 heavy (non-hydrogen) atoms. The molecule has 1 saturated heterocycles. The van der Waals surface area contributed by atoms with E-state index in [1.807, 2.05) is 0 Å². The molecule has 94 valence electrons. The number of aliphatic carboxylic acids is 1. The lowest BCUT2D eigenvalue weighted by Gasteiger charge is -2.38. The SMILES string of the molecule is CC1(C)CC(O)(C(F)(F)C(=O)O)C(C)(C)O1. The third-order valence-electron chi connectivity index (χ3n) is 3.00. The lowest BCUT2D eigenvalue weighted by Crippen LogP contribution is -2.62. The van der Waals surface area contributed by atoms with Crippen LogP contribution in [-0.4, -0.2) is 38.9 Å². The van der Waals surface area contributed by atoms with Crippen molar-refractivity contribution in [3.05, 3.63) is 0 Å². The van der Waals surface area contributed by atoms with Crippen molar-refractivity contribution in [3.8, 4) is 0 Å². The van der Waals surface area contributed by atoms with E-state index in [2.05, 4.69) is 0 Å². The number of rotatable bonds is 2. The van der Waals surface area contributed by atoms with Crippen LogP contribution >= 0.6 is 0 Å². The van der Waals surface area contributed by atoms with Gasteiger partial charge in [-0.05, 0) is 27.7 Å². The fourth-order valence-electron chi connectivity index (χ4n) is 2.31. The van der Waals surface area contributed by atoms with Gasteiger partial charge in [-0.1, -0.05) is 0 Å². The van der Waals surface area contributed by atoms with Gasteiger partial charge in [-0.15, -0.1) is 0 Å². The monoisotopic (exact) mass is 238 g/mol. The van der Waals surface area contributed by atoms with Crippen LogP contribution < -0.4 is 0 Å². The first-order valence-corrected chi connectivity index (χ1v) is 4.89. The molecule has 0 saturated carbocycles. The van der Waals surface area contributed by atoms with E-state index in [0.717, 1.165) is 0 Å². The summed E-state index contributed by atoms with van der Waals surface area (Å²) in [6, 6.07) is 0. The second-order valence-electron chi connectivity index (χ2n) is 5.29. The van der Waals surface area contributed by atoms with Crippen LogP contribution in [0.4, 0.5) is 8.78 Å². The summed E-state index contributed by atoms with van der Waals surface area (Å²) in [4.78, 5) is 10.5. The van der Waals surface area contributed by atoms with Gasteiger partial charge in [0.25, 0.3) is 0 Å². The van der Waals surface area contributed by atoms with Crippen LogP contribution in [0.1, 0.15) is 34.1 Å². The summed E-state index contributed by atoms with van der Waals surface area (Å²) in [5.74, 6) is -6.59. The predicted molar refractivity (Wildman–Crippen MR) is 51.4 cm³/mol. The molecule has 1 fully saturated rings. The number of aliphatic hydroxyl groups is 1. The number of carbonyl (C=O) groups is 1. The van der Waals surface area contributed by atoms with Crippen LogP contribution in [0.15, 0.2) is 0 Å². The van der Waals surface area contributed by atoms with Crippen molar-refractivity contribution in [2.45, 2.75) is 56.8 Å². The highest BCUT2D eigenvalue weighted by molar-refractivity contribution is 5.77. The topological polar surface area (TPSA) is 66.8 Å². The molecule has 1 aliphatic heterocycles. The lowest BCUT2D eigenvalue weighted by atomic mass is 9.77. The molecule has 1 atom stereocenters.